The van der Waals surface area contributed by atoms with Crippen molar-refractivity contribution < 1.29 is 22.7 Å². The Kier molecular flexibility index (Phi) is 7.63. The Morgan fingerprint density at radius 3 is 2.67 bits per heavy atom. The van der Waals surface area contributed by atoms with Crippen molar-refractivity contribution in [3.8, 4) is 0 Å². The molecule has 1 aromatic rings. The maximum absolute atomic E-state index is 12.8. The van der Waals surface area contributed by atoms with Crippen LogP contribution in [0.15, 0.2) is 18.5 Å². The topological polar surface area (TPSA) is 110 Å². The summed E-state index contributed by atoms with van der Waals surface area (Å²) < 4.78 is 29.1. The zero-order valence-corrected chi connectivity index (χ0v) is 18.2. The highest BCUT2D eigenvalue weighted by molar-refractivity contribution is 7.91. The van der Waals surface area contributed by atoms with Gasteiger partial charge in [-0.05, 0) is 38.2 Å². The first kappa shape index (κ1) is 22.5. The lowest BCUT2D eigenvalue weighted by molar-refractivity contribution is -0.154. The van der Waals surface area contributed by atoms with E-state index in [0.29, 0.717) is 31.9 Å². The highest BCUT2D eigenvalue weighted by Gasteiger charge is 2.36. The number of sulfone groups is 1. The maximum Gasteiger partial charge on any atom is 0.329 e. The lowest BCUT2D eigenvalue weighted by Gasteiger charge is -2.34. The quantitative estimate of drug-likeness (QED) is 0.557. The number of carbonyl (C=O) groups excluding carboxylic acids is 2. The summed E-state index contributed by atoms with van der Waals surface area (Å²) in [6.45, 7) is 2.76. The van der Waals surface area contributed by atoms with Gasteiger partial charge in [0.05, 0.1) is 11.5 Å². The minimum Gasteiger partial charge on any atom is -0.454 e. The molecule has 0 aliphatic carbocycles. The summed E-state index contributed by atoms with van der Waals surface area (Å²) in [7, 11) is -3.11. The van der Waals surface area contributed by atoms with Crippen LogP contribution in [0.1, 0.15) is 45.4 Å². The Hall–Kier alpha value is -2.23. The number of unbranched alkanes of at least 4 members (excludes halogenated alkanes) is 1. The molecule has 3 rings (SSSR count). The Morgan fingerprint density at radius 1 is 1.23 bits per heavy atom. The molecule has 3 heterocycles. The Labute approximate surface area is 177 Å². The van der Waals surface area contributed by atoms with Crippen molar-refractivity contribution in [1.29, 1.82) is 0 Å². The summed E-state index contributed by atoms with van der Waals surface area (Å²) in [6, 6.07) is 0.856. The minimum atomic E-state index is -3.11. The highest BCUT2D eigenvalue weighted by atomic mass is 32.2. The lowest BCUT2D eigenvalue weighted by Crippen LogP contribution is -2.48. The molecule has 2 saturated heterocycles. The highest BCUT2D eigenvalue weighted by Crippen LogP contribution is 2.23. The summed E-state index contributed by atoms with van der Waals surface area (Å²) in [5.41, 5.74) is 0. The average Bonchev–Trinajstić information content (AvgIpc) is 3.12. The molecular weight excluding hydrogens is 408 g/mol. The number of aromatic nitrogens is 2. The van der Waals surface area contributed by atoms with Gasteiger partial charge in [0, 0.05) is 31.5 Å². The summed E-state index contributed by atoms with van der Waals surface area (Å²) in [5.74, 6) is -0.243. The van der Waals surface area contributed by atoms with Gasteiger partial charge in [-0.2, -0.15) is 0 Å². The van der Waals surface area contributed by atoms with Gasteiger partial charge in [0.15, 0.2) is 16.4 Å². The van der Waals surface area contributed by atoms with Crippen LogP contribution in [0.3, 0.4) is 0 Å². The summed E-state index contributed by atoms with van der Waals surface area (Å²) in [5, 5.41) is 0. The molecule has 0 radical (unpaired) electrons. The zero-order valence-electron chi connectivity index (χ0n) is 17.4. The molecular formula is C20H30N4O5S. The molecule has 2 unspecified atom stereocenters. The lowest BCUT2D eigenvalue weighted by atomic mass is 10.0. The molecule has 166 valence electrons. The molecule has 0 spiro atoms. The van der Waals surface area contributed by atoms with Crippen LogP contribution in [0.25, 0.3) is 0 Å². The second kappa shape index (κ2) is 10.2. The second-order valence-electron chi connectivity index (χ2n) is 7.86. The zero-order chi connectivity index (χ0) is 21.6. The number of hydrogen-bond acceptors (Lipinski definition) is 8. The van der Waals surface area contributed by atoms with Crippen LogP contribution < -0.4 is 4.90 Å². The Morgan fingerprint density at radius 2 is 2.00 bits per heavy atom. The monoisotopic (exact) mass is 438 g/mol. The molecule has 1 aromatic heterocycles. The largest absolute Gasteiger partial charge is 0.454 e. The number of rotatable bonds is 8. The normalized spacial score (nSPS) is 23.2. The average molecular weight is 439 g/mol. The van der Waals surface area contributed by atoms with Gasteiger partial charge < -0.3 is 14.5 Å². The van der Waals surface area contributed by atoms with Gasteiger partial charge in [-0.1, -0.05) is 13.3 Å². The van der Waals surface area contributed by atoms with Crippen molar-refractivity contribution in [2.24, 2.45) is 0 Å². The maximum atomic E-state index is 12.8. The third-order valence-electron chi connectivity index (χ3n) is 5.64. The van der Waals surface area contributed by atoms with Crippen LogP contribution in [0.5, 0.6) is 0 Å². The molecule has 30 heavy (non-hydrogen) atoms. The van der Waals surface area contributed by atoms with Crippen LogP contribution in [0, 0.1) is 0 Å². The Balaban J connectivity index is 1.61. The van der Waals surface area contributed by atoms with Crippen LogP contribution in [0.2, 0.25) is 0 Å². The molecule has 2 atom stereocenters. The fourth-order valence-electron chi connectivity index (χ4n) is 4.03. The molecule has 2 aliphatic heterocycles. The van der Waals surface area contributed by atoms with Gasteiger partial charge in [0.2, 0.25) is 5.95 Å². The molecule has 2 fully saturated rings. The van der Waals surface area contributed by atoms with E-state index in [1.165, 1.54) is 0 Å². The van der Waals surface area contributed by atoms with Crippen molar-refractivity contribution in [2.75, 3.05) is 36.1 Å². The molecule has 0 aromatic carbocycles. The predicted molar refractivity (Wildman–Crippen MR) is 112 cm³/mol. The van der Waals surface area contributed by atoms with Crippen LogP contribution >= 0.6 is 0 Å². The number of piperidine rings is 1. The summed E-state index contributed by atoms with van der Waals surface area (Å²) in [4.78, 5) is 37.4. The predicted octanol–water partition coefficient (Wildman–Crippen LogP) is 1.19. The Bertz CT molecular complexity index is 833. The van der Waals surface area contributed by atoms with E-state index in [0.717, 1.165) is 25.7 Å². The van der Waals surface area contributed by atoms with E-state index in [1.54, 1.807) is 23.4 Å². The van der Waals surface area contributed by atoms with Gasteiger partial charge in [-0.25, -0.2) is 23.2 Å². The van der Waals surface area contributed by atoms with Gasteiger partial charge in [0.25, 0.3) is 5.91 Å². The third-order valence-corrected chi connectivity index (χ3v) is 7.39. The number of anilines is 1. The van der Waals surface area contributed by atoms with Crippen molar-refractivity contribution in [1.82, 2.24) is 14.9 Å². The van der Waals surface area contributed by atoms with Crippen LogP contribution in [0.4, 0.5) is 5.95 Å². The first-order valence-electron chi connectivity index (χ1n) is 10.6. The van der Waals surface area contributed by atoms with E-state index in [1.807, 2.05) is 11.8 Å². The third kappa shape index (κ3) is 5.68. The van der Waals surface area contributed by atoms with E-state index in [2.05, 4.69) is 9.97 Å². The van der Waals surface area contributed by atoms with Crippen molar-refractivity contribution in [3.63, 3.8) is 0 Å². The van der Waals surface area contributed by atoms with E-state index >= 15 is 0 Å². The molecule has 9 nitrogen and oxygen atoms in total. The summed E-state index contributed by atoms with van der Waals surface area (Å²) >= 11 is 0. The van der Waals surface area contributed by atoms with Gasteiger partial charge in [0.1, 0.15) is 6.04 Å². The number of amides is 1. The van der Waals surface area contributed by atoms with Crippen molar-refractivity contribution >= 4 is 27.7 Å². The summed E-state index contributed by atoms with van der Waals surface area (Å²) in [6.07, 6.45) is 7.80. The van der Waals surface area contributed by atoms with E-state index in [9.17, 15) is 18.0 Å². The van der Waals surface area contributed by atoms with E-state index in [4.69, 9.17) is 4.74 Å². The minimum absolute atomic E-state index is 0.0157. The molecule has 0 N–H and O–H groups in total. The van der Waals surface area contributed by atoms with E-state index < -0.39 is 21.8 Å². The number of esters is 1. The SMILES string of the molecule is CCCCN(C(=O)COC(=O)C1CCCCN1c1ncccn1)C1CCS(=O)(=O)C1. The van der Waals surface area contributed by atoms with Crippen LogP contribution in [-0.2, 0) is 24.2 Å². The first-order valence-corrected chi connectivity index (χ1v) is 12.4. The smallest absolute Gasteiger partial charge is 0.329 e. The van der Waals surface area contributed by atoms with E-state index in [-0.39, 0.29) is 30.1 Å². The molecule has 10 heteroatoms. The molecule has 2 aliphatic rings. The second-order valence-corrected chi connectivity index (χ2v) is 10.1. The number of ether oxygens (including phenoxy) is 1. The van der Waals surface area contributed by atoms with Crippen molar-refractivity contribution in [2.45, 2.75) is 57.5 Å². The molecule has 0 bridgehead atoms. The fourth-order valence-corrected chi connectivity index (χ4v) is 5.76. The number of hydrogen-bond donors (Lipinski definition) is 0. The standard InChI is InChI=1S/C20H30N4O5S/c1-2-3-11-23(16-8-13-30(27,28)15-16)18(25)14-29-19(26)17-7-4-5-12-24(17)20-21-9-6-10-22-20/h6,9-10,16-17H,2-5,7-8,11-15H2,1H3. The molecule has 1 amide bonds. The van der Waals surface area contributed by atoms with Gasteiger partial charge in [-0.3, -0.25) is 4.79 Å². The fraction of sp³-hybridized carbons (Fsp3) is 0.700. The molecule has 0 saturated carbocycles. The van der Waals surface area contributed by atoms with Gasteiger partial charge in [-0.15, -0.1) is 0 Å². The first-order chi connectivity index (χ1) is 14.4. The van der Waals surface area contributed by atoms with Crippen molar-refractivity contribution in [3.05, 3.63) is 18.5 Å². The van der Waals surface area contributed by atoms with Gasteiger partial charge >= 0.3 is 5.97 Å². The van der Waals surface area contributed by atoms with Crippen LogP contribution in [-0.4, -0.2) is 78.4 Å². The number of carbonyl (C=O) groups is 2. The number of nitrogens with zero attached hydrogens (tertiary/aromatic N) is 4.